The molecule has 0 aromatic heterocycles. The van der Waals surface area contributed by atoms with Gasteiger partial charge in [0.1, 0.15) is 11.5 Å². The van der Waals surface area contributed by atoms with Crippen LogP contribution in [0.5, 0.6) is 0 Å². The minimum absolute atomic E-state index is 0.206. The van der Waals surface area contributed by atoms with Gasteiger partial charge < -0.3 is 0 Å². The van der Waals surface area contributed by atoms with Crippen LogP contribution in [0.4, 0.5) is 4.39 Å². The fourth-order valence-corrected chi connectivity index (χ4v) is 2.26. The average molecular weight is 330 g/mol. The highest BCUT2D eigenvalue weighted by molar-refractivity contribution is 6.51. The normalized spacial score (nSPS) is 11.6. The van der Waals surface area contributed by atoms with E-state index >= 15 is 0 Å². The Balaban J connectivity index is 1.94. The van der Waals surface area contributed by atoms with Crippen LogP contribution in [0, 0.1) is 5.82 Å². The van der Waals surface area contributed by atoms with Crippen LogP contribution in [0.25, 0.3) is 0 Å². The fraction of sp³-hybridized carbons (Fsp3) is 0. The monoisotopic (exact) mass is 330 g/mol. The molecular formula is C21H15FN2O. The number of hydrogen-bond donors (Lipinski definition) is 0. The van der Waals surface area contributed by atoms with Crippen LogP contribution in [0.3, 0.4) is 0 Å². The van der Waals surface area contributed by atoms with Gasteiger partial charge in [-0.25, -0.2) is 4.39 Å². The highest BCUT2D eigenvalue weighted by Gasteiger charge is 2.15. The van der Waals surface area contributed by atoms with E-state index in [2.05, 4.69) is 10.2 Å². The lowest BCUT2D eigenvalue weighted by Gasteiger charge is -2.04. The van der Waals surface area contributed by atoms with Gasteiger partial charge in [0.05, 0.1) is 6.21 Å². The predicted molar refractivity (Wildman–Crippen MR) is 97.7 cm³/mol. The molecule has 0 aliphatic rings. The van der Waals surface area contributed by atoms with Crippen molar-refractivity contribution in [2.45, 2.75) is 0 Å². The molecule has 0 unspecified atom stereocenters. The zero-order chi connectivity index (χ0) is 17.5. The number of benzene rings is 3. The summed E-state index contributed by atoms with van der Waals surface area (Å²) in [6.45, 7) is 0. The first kappa shape index (κ1) is 16.5. The van der Waals surface area contributed by atoms with Crippen molar-refractivity contribution >= 4 is 17.7 Å². The molecule has 3 aromatic rings. The molecule has 0 aliphatic heterocycles. The van der Waals surface area contributed by atoms with Crippen LogP contribution in [0.1, 0.15) is 21.5 Å². The number of carbonyl (C=O) groups excluding carboxylic acids is 1. The summed E-state index contributed by atoms with van der Waals surface area (Å²) < 4.78 is 12.9. The molecule has 0 amide bonds. The summed E-state index contributed by atoms with van der Waals surface area (Å²) in [5, 5.41) is 8.15. The molecule has 0 saturated carbocycles. The number of Topliss-reactive ketones (excluding diaryl/α,β-unsaturated/α-hetero) is 1. The highest BCUT2D eigenvalue weighted by atomic mass is 19.1. The molecule has 4 heteroatoms. The zero-order valence-corrected chi connectivity index (χ0v) is 13.3. The van der Waals surface area contributed by atoms with Gasteiger partial charge in [0.15, 0.2) is 0 Å². The fourth-order valence-electron chi connectivity index (χ4n) is 2.26. The van der Waals surface area contributed by atoms with Crippen molar-refractivity contribution in [3.8, 4) is 0 Å². The van der Waals surface area contributed by atoms with Gasteiger partial charge in [-0.1, -0.05) is 72.8 Å². The third kappa shape index (κ3) is 4.32. The second-order valence-electron chi connectivity index (χ2n) is 5.31. The molecule has 0 saturated heterocycles. The molecular weight excluding hydrogens is 315 g/mol. The Morgan fingerprint density at radius 1 is 0.760 bits per heavy atom. The first-order valence-corrected chi connectivity index (χ1v) is 7.76. The van der Waals surface area contributed by atoms with Crippen LogP contribution in [0.15, 0.2) is 95.1 Å². The van der Waals surface area contributed by atoms with Crippen LogP contribution >= 0.6 is 0 Å². The van der Waals surface area contributed by atoms with Crippen molar-refractivity contribution in [2.24, 2.45) is 10.2 Å². The lowest BCUT2D eigenvalue weighted by atomic mass is 10.0. The first-order valence-electron chi connectivity index (χ1n) is 7.76. The number of halogens is 1. The SMILES string of the molecule is O=C(/C(=N\N=C/c1ccc(F)cc1)c1ccccc1)c1ccccc1. The van der Waals surface area contributed by atoms with Crippen molar-refractivity contribution in [1.82, 2.24) is 0 Å². The topological polar surface area (TPSA) is 41.8 Å². The zero-order valence-electron chi connectivity index (χ0n) is 13.3. The van der Waals surface area contributed by atoms with Crippen molar-refractivity contribution in [3.05, 3.63) is 107 Å². The third-order valence-electron chi connectivity index (χ3n) is 3.53. The molecule has 25 heavy (non-hydrogen) atoms. The summed E-state index contributed by atoms with van der Waals surface area (Å²) in [7, 11) is 0. The van der Waals surface area contributed by atoms with E-state index < -0.39 is 0 Å². The van der Waals surface area contributed by atoms with Crippen LogP contribution in [0.2, 0.25) is 0 Å². The Hall–Kier alpha value is -3.40. The van der Waals surface area contributed by atoms with Crippen LogP contribution < -0.4 is 0 Å². The Morgan fingerprint density at radius 3 is 1.92 bits per heavy atom. The Morgan fingerprint density at radius 2 is 1.32 bits per heavy atom. The Bertz CT molecular complexity index is 902. The molecule has 0 fully saturated rings. The van der Waals surface area contributed by atoms with Gasteiger partial charge >= 0.3 is 0 Å². The van der Waals surface area contributed by atoms with E-state index in [1.807, 2.05) is 36.4 Å². The van der Waals surface area contributed by atoms with Crippen LogP contribution in [-0.2, 0) is 0 Å². The maximum absolute atomic E-state index is 12.9. The number of hydrogen-bond acceptors (Lipinski definition) is 3. The van der Waals surface area contributed by atoms with Crippen LogP contribution in [-0.4, -0.2) is 17.7 Å². The molecule has 0 radical (unpaired) electrons. The van der Waals surface area contributed by atoms with Gasteiger partial charge in [-0.2, -0.15) is 5.10 Å². The minimum atomic E-state index is -0.315. The molecule has 0 aliphatic carbocycles. The molecule has 0 spiro atoms. The maximum atomic E-state index is 12.9. The maximum Gasteiger partial charge on any atom is 0.213 e. The van der Waals surface area contributed by atoms with Crippen molar-refractivity contribution in [2.75, 3.05) is 0 Å². The van der Waals surface area contributed by atoms with Crippen molar-refractivity contribution in [3.63, 3.8) is 0 Å². The van der Waals surface area contributed by atoms with Gasteiger partial charge in [-0.3, -0.25) is 4.79 Å². The van der Waals surface area contributed by atoms with Gasteiger partial charge in [-0.15, -0.1) is 5.10 Å². The van der Waals surface area contributed by atoms with Gasteiger partial charge in [0, 0.05) is 11.1 Å². The molecule has 122 valence electrons. The summed E-state index contributed by atoms with van der Waals surface area (Å²) in [6.07, 6.45) is 1.49. The molecule has 0 N–H and O–H groups in total. The Labute approximate surface area is 145 Å². The van der Waals surface area contributed by atoms with E-state index in [4.69, 9.17) is 0 Å². The number of rotatable bonds is 5. The summed E-state index contributed by atoms with van der Waals surface area (Å²) in [6, 6.07) is 24.0. The molecule has 0 bridgehead atoms. The lowest BCUT2D eigenvalue weighted by Crippen LogP contribution is -2.15. The van der Waals surface area contributed by atoms with E-state index in [-0.39, 0.29) is 17.3 Å². The number of nitrogens with zero attached hydrogens (tertiary/aromatic N) is 2. The standard InChI is InChI=1S/C21H15FN2O/c22-19-13-11-16(12-14-19)15-23-24-20(17-7-3-1-4-8-17)21(25)18-9-5-2-6-10-18/h1-15H/b23-15-,24-20-. The van der Waals surface area contributed by atoms with Crippen molar-refractivity contribution in [1.29, 1.82) is 0 Å². The van der Waals surface area contributed by atoms with E-state index in [0.29, 0.717) is 16.7 Å². The number of carbonyl (C=O) groups is 1. The minimum Gasteiger partial charge on any atom is -0.287 e. The van der Waals surface area contributed by atoms with Crippen molar-refractivity contribution < 1.29 is 9.18 Å². The molecule has 3 rings (SSSR count). The Kier molecular flexibility index (Phi) is 5.22. The predicted octanol–water partition coefficient (Wildman–Crippen LogP) is 4.53. The second-order valence-corrected chi connectivity index (χ2v) is 5.31. The van der Waals surface area contributed by atoms with Gasteiger partial charge in [-0.05, 0) is 17.7 Å². The largest absolute Gasteiger partial charge is 0.287 e. The smallest absolute Gasteiger partial charge is 0.213 e. The summed E-state index contributed by atoms with van der Waals surface area (Å²) >= 11 is 0. The van der Waals surface area contributed by atoms with E-state index in [0.717, 1.165) is 0 Å². The highest BCUT2D eigenvalue weighted by Crippen LogP contribution is 2.09. The summed E-state index contributed by atoms with van der Waals surface area (Å²) in [4.78, 5) is 12.8. The summed E-state index contributed by atoms with van der Waals surface area (Å²) in [5.41, 5.74) is 2.18. The molecule has 3 nitrogen and oxygen atoms in total. The van der Waals surface area contributed by atoms with E-state index in [9.17, 15) is 9.18 Å². The second kappa shape index (κ2) is 7.93. The first-order chi connectivity index (χ1) is 12.2. The van der Waals surface area contributed by atoms with Gasteiger partial charge in [0.2, 0.25) is 5.78 Å². The van der Waals surface area contributed by atoms with E-state index in [1.54, 1.807) is 36.4 Å². The molecule has 3 aromatic carbocycles. The third-order valence-corrected chi connectivity index (χ3v) is 3.53. The number of ketones is 1. The summed E-state index contributed by atoms with van der Waals surface area (Å²) in [5.74, 6) is -0.520. The quantitative estimate of drug-likeness (QED) is 0.385. The average Bonchev–Trinajstić information content (AvgIpc) is 2.67. The molecule has 0 heterocycles. The van der Waals surface area contributed by atoms with Gasteiger partial charge in [0.25, 0.3) is 0 Å². The lowest BCUT2D eigenvalue weighted by molar-refractivity contribution is 0.106. The molecule has 0 atom stereocenters. The van der Waals surface area contributed by atoms with E-state index in [1.165, 1.54) is 18.3 Å².